The van der Waals surface area contributed by atoms with E-state index in [0.29, 0.717) is 12.2 Å². The molecule has 0 aliphatic heterocycles. The molecule has 0 spiro atoms. The number of benzene rings is 1. The summed E-state index contributed by atoms with van der Waals surface area (Å²) in [6, 6.07) is 2.35. The Bertz CT molecular complexity index is 561. The molecule has 0 radical (unpaired) electrons. The van der Waals surface area contributed by atoms with Gasteiger partial charge in [0.2, 0.25) is 0 Å². The zero-order valence-corrected chi connectivity index (χ0v) is 10.2. The quantitative estimate of drug-likeness (QED) is 0.751. The van der Waals surface area contributed by atoms with Gasteiger partial charge in [0.1, 0.15) is 0 Å². The molecule has 19 heavy (non-hydrogen) atoms. The molecule has 0 aliphatic rings. The molecular weight excluding hydrogens is 257 g/mol. The van der Waals surface area contributed by atoms with Gasteiger partial charge in [-0.3, -0.25) is 0 Å². The number of nitrogen functional groups attached to an aromatic ring is 1. The summed E-state index contributed by atoms with van der Waals surface area (Å²) in [6.07, 6.45) is -1.84. The van der Waals surface area contributed by atoms with Crippen molar-refractivity contribution in [3.63, 3.8) is 0 Å². The molecule has 4 nitrogen and oxygen atoms in total. The van der Waals surface area contributed by atoms with Crippen LogP contribution in [0, 0.1) is 0 Å². The topological polar surface area (TPSA) is 66.7 Å². The molecular formula is C12H13F3N4. The second-order valence-electron chi connectivity index (χ2n) is 3.94. The van der Waals surface area contributed by atoms with Crippen LogP contribution in [0.15, 0.2) is 24.7 Å². The number of hydrogen-bond donors (Lipinski definition) is 3. The fourth-order valence-corrected chi connectivity index (χ4v) is 1.88. The molecule has 0 aliphatic carbocycles. The van der Waals surface area contributed by atoms with Crippen LogP contribution in [-0.4, -0.2) is 16.5 Å². The minimum Gasteiger partial charge on any atom is -0.396 e. The molecule has 0 bridgehead atoms. The van der Waals surface area contributed by atoms with Crippen molar-refractivity contribution in [1.82, 2.24) is 9.97 Å². The second kappa shape index (κ2) is 4.83. The molecule has 4 N–H and O–H groups in total. The maximum absolute atomic E-state index is 13.0. The third-order valence-corrected chi connectivity index (χ3v) is 2.69. The number of hydrogen-bond acceptors (Lipinski definition) is 3. The third-order valence-electron chi connectivity index (χ3n) is 2.69. The van der Waals surface area contributed by atoms with Gasteiger partial charge in [0.05, 0.1) is 35.2 Å². The summed E-state index contributed by atoms with van der Waals surface area (Å²) in [6.45, 7) is 2.41. The van der Waals surface area contributed by atoms with Gasteiger partial charge in [-0.1, -0.05) is 0 Å². The molecule has 1 aromatic carbocycles. The van der Waals surface area contributed by atoms with Crippen LogP contribution in [0.25, 0.3) is 11.3 Å². The van der Waals surface area contributed by atoms with E-state index in [1.807, 2.05) is 6.92 Å². The predicted octanol–water partition coefficient (Wildman–Crippen LogP) is 3.11. The van der Waals surface area contributed by atoms with Gasteiger partial charge in [-0.25, -0.2) is 4.98 Å². The fourth-order valence-electron chi connectivity index (χ4n) is 1.88. The van der Waals surface area contributed by atoms with Crippen molar-refractivity contribution >= 4 is 11.4 Å². The Balaban J connectivity index is 2.67. The lowest BCUT2D eigenvalue weighted by Crippen LogP contribution is -2.11. The van der Waals surface area contributed by atoms with E-state index in [0.717, 1.165) is 6.07 Å². The first kappa shape index (κ1) is 13.3. The summed E-state index contributed by atoms with van der Waals surface area (Å²) in [4.78, 5) is 6.40. The maximum Gasteiger partial charge on any atom is 0.417 e. The number of alkyl halides is 3. The Hall–Kier alpha value is -2.18. The summed E-state index contributed by atoms with van der Waals surface area (Å²) >= 11 is 0. The molecule has 0 amide bonds. The second-order valence-corrected chi connectivity index (χ2v) is 3.94. The Labute approximate surface area is 107 Å². The van der Waals surface area contributed by atoms with Crippen LogP contribution in [0.4, 0.5) is 24.5 Å². The summed E-state index contributed by atoms with van der Waals surface area (Å²) < 4.78 is 39.1. The summed E-state index contributed by atoms with van der Waals surface area (Å²) in [7, 11) is 0. The van der Waals surface area contributed by atoms with E-state index in [2.05, 4.69) is 15.3 Å². The summed E-state index contributed by atoms with van der Waals surface area (Å²) in [5.74, 6) is 0. The molecule has 7 heteroatoms. The number of nitrogens with two attached hydrogens (primary N) is 1. The van der Waals surface area contributed by atoms with Crippen molar-refractivity contribution in [2.75, 3.05) is 17.6 Å². The molecule has 1 heterocycles. The lowest BCUT2D eigenvalue weighted by Gasteiger charge is -2.17. The van der Waals surface area contributed by atoms with Gasteiger partial charge >= 0.3 is 6.18 Å². The molecule has 0 unspecified atom stereocenters. The first-order valence-corrected chi connectivity index (χ1v) is 5.67. The van der Waals surface area contributed by atoms with Crippen molar-refractivity contribution in [2.24, 2.45) is 0 Å². The first-order chi connectivity index (χ1) is 8.95. The van der Waals surface area contributed by atoms with Crippen LogP contribution >= 0.6 is 0 Å². The molecule has 0 fully saturated rings. The Morgan fingerprint density at radius 1 is 1.37 bits per heavy atom. The van der Waals surface area contributed by atoms with E-state index in [9.17, 15) is 13.2 Å². The normalized spacial score (nSPS) is 11.6. The van der Waals surface area contributed by atoms with E-state index in [-0.39, 0.29) is 16.9 Å². The fraction of sp³-hybridized carbons (Fsp3) is 0.250. The van der Waals surface area contributed by atoms with Gasteiger partial charge in [0.25, 0.3) is 0 Å². The average molecular weight is 270 g/mol. The molecule has 0 saturated heterocycles. The Morgan fingerprint density at radius 3 is 2.63 bits per heavy atom. The zero-order chi connectivity index (χ0) is 14.0. The predicted molar refractivity (Wildman–Crippen MR) is 67.6 cm³/mol. The number of H-pyrrole nitrogens is 1. The summed E-state index contributed by atoms with van der Waals surface area (Å²) in [5.41, 5.74) is 5.76. The number of aromatic nitrogens is 2. The molecule has 102 valence electrons. The van der Waals surface area contributed by atoms with Crippen LogP contribution in [0.2, 0.25) is 0 Å². The van der Waals surface area contributed by atoms with Gasteiger partial charge in [-0.2, -0.15) is 13.2 Å². The van der Waals surface area contributed by atoms with E-state index >= 15 is 0 Å². The SMILES string of the molecule is CCNc1ccc(C(F)(F)F)c(-c2cnc[nH]2)c1N. The van der Waals surface area contributed by atoms with Crippen molar-refractivity contribution in [3.05, 3.63) is 30.2 Å². The van der Waals surface area contributed by atoms with Gasteiger partial charge in [-0.05, 0) is 19.1 Å². The van der Waals surface area contributed by atoms with Crippen LogP contribution < -0.4 is 11.1 Å². The van der Waals surface area contributed by atoms with Crippen molar-refractivity contribution in [2.45, 2.75) is 13.1 Å². The summed E-state index contributed by atoms with van der Waals surface area (Å²) in [5, 5.41) is 2.93. The Morgan fingerprint density at radius 2 is 2.11 bits per heavy atom. The van der Waals surface area contributed by atoms with Gasteiger partial charge < -0.3 is 16.0 Å². The highest BCUT2D eigenvalue weighted by Crippen LogP contribution is 2.42. The molecule has 1 aromatic heterocycles. The van der Waals surface area contributed by atoms with E-state index in [1.54, 1.807) is 0 Å². The standard InChI is InChI=1S/C12H13F3N4/c1-2-18-8-4-3-7(12(13,14)15)10(11(8)16)9-5-17-6-19-9/h3-6,18H,2,16H2,1H3,(H,17,19). The third kappa shape index (κ3) is 2.49. The maximum atomic E-state index is 13.0. The highest BCUT2D eigenvalue weighted by molar-refractivity contribution is 5.86. The van der Waals surface area contributed by atoms with E-state index < -0.39 is 11.7 Å². The van der Waals surface area contributed by atoms with Crippen LogP contribution in [0.3, 0.4) is 0 Å². The number of aromatic amines is 1. The monoisotopic (exact) mass is 270 g/mol. The molecule has 0 saturated carbocycles. The number of anilines is 2. The average Bonchev–Trinajstić information content (AvgIpc) is 2.83. The highest BCUT2D eigenvalue weighted by Gasteiger charge is 2.35. The minimum absolute atomic E-state index is 0.0564. The van der Waals surface area contributed by atoms with Crippen LogP contribution in [-0.2, 0) is 6.18 Å². The highest BCUT2D eigenvalue weighted by atomic mass is 19.4. The van der Waals surface area contributed by atoms with Crippen molar-refractivity contribution in [1.29, 1.82) is 0 Å². The lowest BCUT2D eigenvalue weighted by molar-refractivity contribution is -0.137. The lowest BCUT2D eigenvalue weighted by atomic mass is 10.0. The number of nitrogens with one attached hydrogen (secondary N) is 2. The molecule has 2 aromatic rings. The van der Waals surface area contributed by atoms with Gasteiger partial charge in [-0.15, -0.1) is 0 Å². The Kier molecular flexibility index (Phi) is 3.37. The number of rotatable bonds is 3. The van der Waals surface area contributed by atoms with Gasteiger partial charge in [0.15, 0.2) is 0 Å². The van der Waals surface area contributed by atoms with Crippen LogP contribution in [0.5, 0.6) is 0 Å². The van der Waals surface area contributed by atoms with E-state index in [1.165, 1.54) is 18.6 Å². The molecule has 2 rings (SSSR count). The minimum atomic E-state index is -4.47. The number of nitrogens with zero attached hydrogens (tertiary/aromatic N) is 1. The smallest absolute Gasteiger partial charge is 0.396 e. The first-order valence-electron chi connectivity index (χ1n) is 5.67. The zero-order valence-electron chi connectivity index (χ0n) is 10.2. The molecule has 0 atom stereocenters. The van der Waals surface area contributed by atoms with E-state index in [4.69, 9.17) is 5.73 Å². The largest absolute Gasteiger partial charge is 0.417 e. The number of halogens is 3. The number of imidazole rings is 1. The van der Waals surface area contributed by atoms with Crippen molar-refractivity contribution in [3.8, 4) is 11.3 Å². The van der Waals surface area contributed by atoms with Gasteiger partial charge in [0, 0.05) is 12.1 Å². The van der Waals surface area contributed by atoms with Crippen molar-refractivity contribution < 1.29 is 13.2 Å². The van der Waals surface area contributed by atoms with Crippen LogP contribution in [0.1, 0.15) is 12.5 Å².